The fraction of sp³-hybridized carbons (Fsp3) is 0.250. The molecule has 168 valence electrons. The zero-order valence-corrected chi connectivity index (χ0v) is 18.1. The van der Waals surface area contributed by atoms with Gasteiger partial charge in [0.25, 0.3) is 5.56 Å². The number of methoxy groups -OCH3 is 1. The lowest BCUT2D eigenvalue weighted by molar-refractivity contribution is 0.397. The third kappa shape index (κ3) is 5.64. The Morgan fingerprint density at radius 2 is 1.97 bits per heavy atom. The van der Waals surface area contributed by atoms with Gasteiger partial charge in [-0.1, -0.05) is 32.7 Å². The van der Waals surface area contributed by atoms with E-state index in [9.17, 15) is 13.2 Å². The standard InChI is InChI=1S/C24H27N3O4S/c1-24(2,3)20-14-18(19-7-6-12-25-23(19)28)13-17(22(20)31-4)10-8-16-9-11-21(26-15-16)27-32(5,29)30/h6-15H,1-5H3,(H,25,28)(H,26,27)/b10-8+/i1D3,2D3,3D3. The van der Waals surface area contributed by atoms with Crippen LogP contribution in [0.4, 0.5) is 5.82 Å². The molecule has 0 spiro atoms. The van der Waals surface area contributed by atoms with Gasteiger partial charge in [-0.25, -0.2) is 13.4 Å². The molecule has 3 aromatic rings. The molecule has 0 fully saturated rings. The number of nitrogens with one attached hydrogen (secondary N) is 2. The van der Waals surface area contributed by atoms with E-state index in [0.29, 0.717) is 5.56 Å². The Morgan fingerprint density at radius 1 is 1.19 bits per heavy atom. The minimum Gasteiger partial charge on any atom is -0.496 e. The second-order valence-electron chi connectivity index (χ2n) is 6.99. The molecule has 3 rings (SSSR count). The first kappa shape index (κ1) is 13.9. The van der Waals surface area contributed by atoms with Crippen molar-refractivity contribution in [2.45, 2.75) is 26.0 Å². The monoisotopic (exact) mass is 462 g/mol. The molecule has 0 saturated heterocycles. The highest BCUT2D eigenvalue weighted by Gasteiger charge is 2.22. The molecule has 7 nitrogen and oxygen atoms in total. The van der Waals surface area contributed by atoms with E-state index < -0.39 is 47.1 Å². The number of pyridine rings is 2. The molecule has 1 aromatic carbocycles. The van der Waals surface area contributed by atoms with Crippen LogP contribution in [0.1, 0.15) is 49.6 Å². The van der Waals surface area contributed by atoms with Gasteiger partial charge >= 0.3 is 0 Å². The number of hydrogen-bond acceptors (Lipinski definition) is 5. The molecular formula is C24H27N3O4S. The average Bonchev–Trinajstić information content (AvgIpc) is 2.80. The van der Waals surface area contributed by atoms with Gasteiger partial charge in [0.05, 0.1) is 13.4 Å². The van der Waals surface area contributed by atoms with E-state index in [0.717, 1.165) is 19.4 Å². The maximum absolute atomic E-state index is 12.7. The van der Waals surface area contributed by atoms with Crippen LogP contribution in [0, 0.1) is 0 Å². The Kier molecular flexibility index (Phi) is 3.91. The number of H-pyrrole nitrogens is 1. The molecule has 0 aliphatic carbocycles. The Morgan fingerprint density at radius 3 is 2.56 bits per heavy atom. The van der Waals surface area contributed by atoms with E-state index in [1.54, 1.807) is 0 Å². The number of hydrogen-bond donors (Lipinski definition) is 2. The zero-order valence-electron chi connectivity index (χ0n) is 26.3. The molecular weight excluding hydrogens is 426 g/mol. The predicted octanol–water partition coefficient (Wildman–Crippen LogP) is 4.28. The Bertz CT molecular complexity index is 1570. The van der Waals surface area contributed by atoms with Crippen molar-refractivity contribution in [3.8, 4) is 16.9 Å². The summed E-state index contributed by atoms with van der Waals surface area (Å²) in [5.74, 6) is -0.267. The van der Waals surface area contributed by atoms with Gasteiger partial charge in [0.1, 0.15) is 11.6 Å². The number of ether oxygens (including phenoxy) is 1. The molecule has 2 aromatic heterocycles. The molecule has 0 aliphatic rings. The molecule has 2 N–H and O–H groups in total. The summed E-state index contributed by atoms with van der Waals surface area (Å²) < 4.78 is 104. The zero-order chi connectivity index (χ0) is 31.0. The van der Waals surface area contributed by atoms with E-state index in [1.807, 2.05) is 0 Å². The predicted molar refractivity (Wildman–Crippen MR) is 129 cm³/mol. The summed E-state index contributed by atoms with van der Waals surface area (Å²) in [5, 5.41) is 0. The summed E-state index contributed by atoms with van der Waals surface area (Å²) in [4.78, 5) is 19.1. The maximum Gasteiger partial charge on any atom is 0.255 e. The van der Waals surface area contributed by atoms with Gasteiger partial charge in [0.15, 0.2) is 0 Å². The first-order valence-electron chi connectivity index (χ1n) is 13.8. The number of anilines is 1. The van der Waals surface area contributed by atoms with Gasteiger partial charge < -0.3 is 9.72 Å². The molecule has 0 radical (unpaired) electrons. The van der Waals surface area contributed by atoms with E-state index in [1.165, 1.54) is 54.9 Å². The quantitative estimate of drug-likeness (QED) is 0.569. The summed E-state index contributed by atoms with van der Waals surface area (Å²) in [5.41, 5.74) is -4.04. The van der Waals surface area contributed by atoms with E-state index in [4.69, 9.17) is 17.1 Å². The number of rotatable bonds is 6. The molecule has 0 saturated carbocycles. The number of benzene rings is 1. The minimum absolute atomic E-state index is 0.0273. The van der Waals surface area contributed by atoms with Gasteiger partial charge in [0.2, 0.25) is 10.0 Å². The lowest BCUT2D eigenvalue weighted by Crippen LogP contribution is -2.15. The first-order chi connectivity index (χ1) is 18.7. The van der Waals surface area contributed by atoms with Crippen LogP contribution in [-0.4, -0.2) is 31.8 Å². The lowest BCUT2D eigenvalue weighted by Gasteiger charge is -2.24. The third-order valence-corrected chi connectivity index (χ3v) is 4.97. The molecule has 0 aliphatic heterocycles. The molecule has 0 unspecified atom stereocenters. The Balaban J connectivity index is 2.39. The summed E-state index contributed by atoms with van der Waals surface area (Å²) in [7, 11) is -2.42. The number of nitrogens with zero attached hydrogens (tertiary/aromatic N) is 1. The smallest absolute Gasteiger partial charge is 0.255 e. The highest BCUT2D eigenvalue weighted by molar-refractivity contribution is 7.92. The van der Waals surface area contributed by atoms with E-state index in [2.05, 4.69) is 14.7 Å². The summed E-state index contributed by atoms with van der Waals surface area (Å²) >= 11 is 0. The van der Waals surface area contributed by atoms with Gasteiger partial charge in [-0.2, -0.15) is 0 Å². The van der Waals surface area contributed by atoms with Crippen molar-refractivity contribution >= 4 is 28.0 Å². The fourth-order valence-electron chi connectivity index (χ4n) is 3.03. The van der Waals surface area contributed by atoms with Crippen molar-refractivity contribution in [1.29, 1.82) is 0 Å². The van der Waals surface area contributed by atoms with Crippen molar-refractivity contribution in [3.63, 3.8) is 0 Å². The van der Waals surface area contributed by atoms with Crippen LogP contribution in [0.15, 0.2) is 53.6 Å². The van der Waals surface area contributed by atoms with Crippen LogP contribution >= 0.6 is 0 Å². The number of sulfonamides is 1. The highest BCUT2D eigenvalue weighted by atomic mass is 32.2. The van der Waals surface area contributed by atoms with Crippen molar-refractivity contribution in [3.05, 3.63) is 75.8 Å². The van der Waals surface area contributed by atoms with Crippen LogP contribution < -0.4 is 15.0 Å². The summed E-state index contributed by atoms with van der Waals surface area (Å²) in [6.45, 7) is -10.7. The summed E-state index contributed by atoms with van der Waals surface area (Å²) in [6, 6.07) is 8.31. The van der Waals surface area contributed by atoms with Crippen molar-refractivity contribution in [2.75, 3.05) is 18.1 Å². The van der Waals surface area contributed by atoms with Crippen LogP contribution in [0.2, 0.25) is 0 Å². The maximum atomic E-state index is 12.7. The van der Waals surface area contributed by atoms with Gasteiger partial charge in [-0.15, -0.1) is 0 Å². The van der Waals surface area contributed by atoms with Gasteiger partial charge in [-0.05, 0) is 52.9 Å². The Labute approximate surface area is 200 Å². The van der Waals surface area contributed by atoms with Gasteiger partial charge in [-0.3, -0.25) is 9.52 Å². The van der Waals surface area contributed by atoms with Crippen molar-refractivity contribution < 1.29 is 25.5 Å². The topological polar surface area (TPSA) is 101 Å². The van der Waals surface area contributed by atoms with Crippen LogP contribution in [-0.2, 0) is 15.4 Å². The highest BCUT2D eigenvalue weighted by Crippen LogP contribution is 2.38. The van der Waals surface area contributed by atoms with Crippen LogP contribution in [0.25, 0.3) is 23.3 Å². The van der Waals surface area contributed by atoms with E-state index in [-0.39, 0.29) is 28.3 Å². The normalized spacial score (nSPS) is 17.5. The summed E-state index contributed by atoms with van der Waals surface area (Å²) in [6.07, 6.45) is 6.56. The fourth-order valence-corrected chi connectivity index (χ4v) is 3.53. The van der Waals surface area contributed by atoms with Crippen LogP contribution in [0.5, 0.6) is 5.75 Å². The molecule has 2 heterocycles. The lowest BCUT2D eigenvalue weighted by atomic mass is 9.83. The Hall–Kier alpha value is -3.39. The number of aromatic nitrogens is 2. The molecule has 32 heavy (non-hydrogen) atoms. The third-order valence-electron chi connectivity index (χ3n) is 4.39. The van der Waals surface area contributed by atoms with Crippen LogP contribution in [0.3, 0.4) is 0 Å². The minimum atomic E-state index is -3.58. The average molecular weight is 463 g/mol. The van der Waals surface area contributed by atoms with Crippen molar-refractivity contribution in [1.82, 2.24) is 9.97 Å². The molecule has 8 heteroatoms. The SMILES string of the molecule is [2H]C([2H])([2H])C(c1cc(-c2ccc[nH]c2=O)cc(/C=C/c2ccc(NS(C)(=O)=O)nc2)c1OC)(C([2H])([2H])[2H])C([2H])([2H])[2H]. The number of aromatic amines is 1. The van der Waals surface area contributed by atoms with Gasteiger partial charge in [0, 0.05) is 41.4 Å². The first-order valence-corrected chi connectivity index (χ1v) is 11.1. The molecule has 0 atom stereocenters. The molecule has 0 bridgehead atoms. The second-order valence-corrected chi connectivity index (χ2v) is 8.74. The second kappa shape index (κ2) is 9.00. The van der Waals surface area contributed by atoms with E-state index >= 15 is 0 Å². The largest absolute Gasteiger partial charge is 0.496 e. The van der Waals surface area contributed by atoms with Crippen molar-refractivity contribution in [2.24, 2.45) is 0 Å². The molecule has 0 amide bonds.